The fraction of sp³-hybridized carbons (Fsp3) is 0.333. The summed E-state index contributed by atoms with van der Waals surface area (Å²) in [4.78, 5) is 15.7. The van der Waals surface area contributed by atoms with Crippen molar-refractivity contribution in [3.63, 3.8) is 0 Å². The first-order valence-corrected chi connectivity index (χ1v) is 5.41. The maximum Gasteiger partial charge on any atom is 0.358 e. The van der Waals surface area contributed by atoms with Crippen molar-refractivity contribution in [2.24, 2.45) is 5.16 Å². The van der Waals surface area contributed by atoms with Crippen LogP contribution in [0.1, 0.15) is 17.4 Å². The van der Waals surface area contributed by atoms with Crippen LogP contribution in [-0.4, -0.2) is 37.1 Å². The summed E-state index contributed by atoms with van der Waals surface area (Å²) in [6, 6.07) is 6.91. The van der Waals surface area contributed by atoms with Gasteiger partial charge in [0.15, 0.2) is 12.0 Å². The van der Waals surface area contributed by atoms with Crippen LogP contribution in [0.2, 0.25) is 0 Å². The Hall–Kier alpha value is -1.92. The molecular weight excluding hydrogens is 238 g/mol. The van der Waals surface area contributed by atoms with Gasteiger partial charge >= 0.3 is 5.97 Å². The summed E-state index contributed by atoms with van der Waals surface area (Å²) in [7, 11) is 1.30. The van der Waals surface area contributed by atoms with E-state index in [9.17, 15) is 4.79 Å². The van der Waals surface area contributed by atoms with Crippen LogP contribution in [0.15, 0.2) is 29.4 Å². The Morgan fingerprint density at radius 3 is 2.67 bits per heavy atom. The lowest BCUT2D eigenvalue weighted by Crippen LogP contribution is -2.18. The Labute approximate surface area is 104 Å². The molecule has 1 aliphatic rings. The Morgan fingerprint density at radius 1 is 1.39 bits per heavy atom. The summed E-state index contributed by atoms with van der Waals surface area (Å²) in [6.07, 6.45) is -0.553. The van der Waals surface area contributed by atoms with Gasteiger partial charge in [0, 0.05) is 11.1 Å². The van der Waals surface area contributed by atoms with Gasteiger partial charge in [-0.2, -0.15) is 0 Å². The van der Waals surface area contributed by atoms with E-state index in [-0.39, 0.29) is 5.71 Å². The first kappa shape index (κ1) is 12.5. The number of benzene rings is 1. The summed E-state index contributed by atoms with van der Waals surface area (Å²) in [5, 5.41) is 12.7. The molecule has 0 saturated carbocycles. The van der Waals surface area contributed by atoms with Crippen molar-refractivity contribution < 1.29 is 24.2 Å². The number of rotatable bonds is 4. The first-order valence-electron chi connectivity index (χ1n) is 5.41. The molecule has 0 spiro atoms. The summed E-state index contributed by atoms with van der Waals surface area (Å²) < 4.78 is 10.8. The topological polar surface area (TPSA) is 77.4 Å². The van der Waals surface area contributed by atoms with E-state index in [1.54, 1.807) is 24.3 Å². The van der Waals surface area contributed by atoms with Gasteiger partial charge in [-0.1, -0.05) is 29.4 Å². The number of nitrogens with zero attached hydrogens (tertiary/aromatic N) is 1. The molecule has 6 heteroatoms. The molecule has 0 bridgehead atoms. The third-order valence-electron chi connectivity index (χ3n) is 2.48. The summed E-state index contributed by atoms with van der Waals surface area (Å²) >= 11 is 0. The van der Waals surface area contributed by atoms with Crippen LogP contribution >= 0.6 is 0 Å². The number of carboxylic acid groups (broad SMARTS) is 1. The van der Waals surface area contributed by atoms with Crippen molar-refractivity contribution in [1.29, 1.82) is 0 Å². The third kappa shape index (κ3) is 2.49. The lowest BCUT2D eigenvalue weighted by atomic mass is 10.0. The molecule has 18 heavy (non-hydrogen) atoms. The fourth-order valence-corrected chi connectivity index (χ4v) is 1.75. The Bertz CT molecular complexity index is 465. The van der Waals surface area contributed by atoms with Crippen molar-refractivity contribution in [2.45, 2.75) is 6.29 Å². The van der Waals surface area contributed by atoms with Gasteiger partial charge in [0.25, 0.3) is 0 Å². The SMILES string of the molecule is CO/N=C(/C(=O)O)c1ccccc1C1OCCO1. The minimum absolute atomic E-state index is 0.174. The van der Waals surface area contributed by atoms with Gasteiger partial charge < -0.3 is 19.4 Å². The molecule has 0 unspecified atom stereocenters. The molecule has 0 aromatic heterocycles. The Morgan fingerprint density at radius 2 is 2.06 bits per heavy atom. The van der Waals surface area contributed by atoms with Gasteiger partial charge in [-0.3, -0.25) is 0 Å². The zero-order valence-corrected chi connectivity index (χ0v) is 9.83. The number of hydrogen-bond acceptors (Lipinski definition) is 5. The van der Waals surface area contributed by atoms with Crippen molar-refractivity contribution in [1.82, 2.24) is 0 Å². The second kappa shape index (κ2) is 5.61. The van der Waals surface area contributed by atoms with Gasteiger partial charge in [0.1, 0.15) is 7.11 Å². The van der Waals surface area contributed by atoms with Crippen LogP contribution in [0.25, 0.3) is 0 Å². The normalized spacial score (nSPS) is 16.8. The molecule has 1 aliphatic heterocycles. The molecule has 1 aromatic carbocycles. The molecule has 0 atom stereocenters. The van der Waals surface area contributed by atoms with Crippen molar-refractivity contribution in [2.75, 3.05) is 20.3 Å². The van der Waals surface area contributed by atoms with Crippen molar-refractivity contribution in [3.05, 3.63) is 35.4 Å². The maximum absolute atomic E-state index is 11.2. The van der Waals surface area contributed by atoms with Crippen molar-refractivity contribution >= 4 is 11.7 Å². The maximum atomic E-state index is 11.2. The van der Waals surface area contributed by atoms with Crippen LogP contribution in [0.5, 0.6) is 0 Å². The molecule has 0 radical (unpaired) electrons. The first-order chi connectivity index (χ1) is 8.74. The van der Waals surface area contributed by atoms with E-state index < -0.39 is 12.3 Å². The lowest BCUT2D eigenvalue weighted by Gasteiger charge is -2.13. The zero-order valence-electron chi connectivity index (χ0n) is 9.83. The van der Waals surface area contributed by atoms with Crippen molar-refractivity contribution in [3.8, 4) is 0 Å². The number of oxime groups is 1. The highest BCUT2D eigenvalue weighted by atomic mass is 16.7. The van der Waals surface area contributed by atoms with E-state index in [2.05, 4.69) is 9.99 Å². The summed E-state index contributed by atoms with van der Waals surface area (Å²) in [5.74, 6) is -1.16. The largest absolute Gasteiger partial charge is 0.476 e. The van der Waals surface area contributed by atoms with E-state index in [1.165, 1.54) is 7.11 Å². The summed E-state index contributed by atoms with van der Waals surface area (Å²) in [5.41, 5.74) is 0.888. The average Bonchev–Trinajstić information content (AvgIpc) is 2.89. The predicted molar refractivity (Wildman–Crippen MR) is 62.3 cm³/mol. The molecule has 1 N–H and O–H groups in total. The second-order valence-corrected chi connectivity index (χ2v) is 3.59. The average molecular weight is 251 g/mol. The third-order valence-corrected chi connectivity index (χ3v) is 2.48. The molecule has 96 valence electrons. The Kier molecular flexibility index (Phi) is 3.91. The molecule has 6 nitrogen and oxygen atoms in total. The number of carboxylic acids is 1. The van der Waals surface area contributed by atoms with Crippen LogP contribution < -0.4 is 0 Å². The smallest absolute Gasteiger partial charge is 0.358 e. The Balaban J connectivity index is 2.42. The number of aliphatic carboxylic acids is 1. The molecule has 1 fully saturated rings. The molecule has 1 saturated heterocycles. The van der Waals surface area contributed by atoms with E-state index in [1.807, 2.05) is 0 Å². The molecule has 2 rings (SSSR count). The highest BCUT2D eigenvalue weighted by Crippen LogP contribution is 2.26. The summed E-state index contributed by atoms with van der Waals surface area (Å²) in [6.45, 7) is 0.978. The minimum atomic E-state index is -1.16. The number of hydrogen-bond donors (Lipinski definition) is 1. The molecule has 1 aromatic rings. The van der Waals surface area contributed by atoms with Crippen LogP contribution in [0.4, 0.5) is 0 Å². The number of ether oxygens (including phenoxy) is 2. The molecule has 0 amide bonds. The van der Waals surface area contributed by atoms with E-state index in [0.717, 1.165) is 0 Å². The van der Waals surface area contributed by atoms with Gasteiger partial charge in [-0.05, 0) is 0 Å². The van der Waals surface area contributed by atoms with E-state index >= 15 is 0 Å². The highest BCUT2D eigenvalue weighted by molar-refractivity contribution is 6.42. The van der Waals surface area contributed by atoms with Crippen LogP contribution in [0, 0.1) is 0 Å². The monoisotopic (exact) mass is 251 g/mol. The fourth-order valence-electron chi connectivity index (χ4n) is 1.75. The van der Waals surface area contributed by atoms with Crippen LogP contribution in [-0.2, 0) is 19.1 Å². The number of carbonyl (C=O) groups is 1. The van der Waals surface area contributed by atoms with Gasteiger partial charge in [0.05, 0.1) is 13.2 Å². The molecule has 0 aliphatic carbocycles. The lowest BCUT2D eigenvalue weighted by molar-refractivity contribution is -0.129. The predicted octanol–water partition coefficient (Wildman–Crippen LogP) is 1.17. The van der Waals surface area contributed by atoms with Gasteiger partial charge in [0.2, 0.25) is 0 Å². The highest BCUT2D eigenvalue weighted by Gasteiger charge is 2.25. The van der Waals surface area contributed by atoms with Gasteiger partial charge in [-0.15, -0.1) is 0 Å². The minimum Gasteiger partial charge on any atom is -0.476 e. The van der Waals surface area contributed by atoms with Crippen LogP contribution in [0.3, 0.4) is 0 Å². The van der Waals surface area contributed by atoms with Gasteiger partial charge in [-0.25, -0.2) is 4.79 Å². The van der Waals surface area contributed by atoms with E-state index in [0.29, 0.717) is 24.3 Å². The quantitative estimate of drug-likeness (QED) is 0.642. The second-order valence-electron chi connectivity index (χ2n) is 3.59. The molecule has 1 heterocycles. The standard InChI is InChI=1S/C12H13NO5/c1-16-13-10(11(14)15)8-4-2-3-5-9(8)12-17-6-7-18-12/h2-5,12H,6-7H2,1H3,(H,14,15)/b13-10+. The zero-order chi connectivity index (χ0) is 13.0. The molecular formula is C12H13NO5. The van der Waals surface area contributed by atoms with E-state index in [4.69, 9.17) is 14.6 Å².